The number of nitrogens with zero attached hydrogens (tertiary/aromatic N) is 1. The van der Waals surface area contributed by atoms with Crippen LogP contribution in [-0.2, 0) is 19.6 Å². The van der Waals surface area contributed by atoms with Crippen LogP contribution in [0.25, 0.3) is 10.9 Å². The van der Waals surface area contributed by atoms with Crippen LogP contribution in [0.15, 0.2) is 24.3 Å². The van der Waals surface area contributed by atoms with E-state index in [1.165, 1.54) is 12.1 Å². The Balaban J connectivity index is 2.57. The molecule has 0 atom stereocenters. The predicted octanol–water partition coefficient (Wildman–Crippen LogP) is 2.70. The Kier molecular flexibility index (Phi) is 2.87. The maximum atomic E-state index is 12.6. The summed E-state index contributed by atoms with van der Waals surface area (Å²) in [6.45, 7) is 0.482. The zero-order valence-corrected chi connectivity index (χ0v) is 9.38. The number of benzene rings is 1. The molecule has 0 amide bonds. The number of halogens is 3. The molecule has 2 aromatic rings. The van der Waals surface area contributed by atoms with E-state index in [0.29, 0.717) is 18.5 Å². The third kappa shape index (κ3) is 2.15. The van der Waals surface area contributed by atoms with Gasteiger partial charge in [0, 0.05) is 18.3 Å². The van der Waals surface area contributed by atoms with Gasteiger partial charge in [-0.15, -0.1) is 0 Å². The highest BCUT2D eigenvalue weighted by atomic mass is 19.4. The number of hydrogen-bond acceptors (Lipinski definition) is 1. The molecule has 0 fully saturated rings. The van der Waals surface area contributed by atoms with Crippen molar-refractivity contribution in [2.24, 2.45) is 12.8 Å². The van der Waals surface area contributed by atoms with Gasteiger partial charge in [-0.1, -0.05) is 6.07 Å². The Labute approximate surface area is 96.8 Å². The first-order valence-electron chi connectivity index (χ1n) is 5.29. The van der Waals surface area contributed by atoms with Gasteiger partial charge in [0.15, 0.2) is 0 Å². The first kappa shape index (κ1) is 12.0. The van der Waals surface area contributed by atoms with Gasteiger partial charge in [0.1, 0.15) is 0 Å². The van der Waals surface area contributed by atoms with Crippen LogP contribution in [0.4, 0.5) is 13.2 Å². The second kappa shape index (κ2) is 4.07. The molecule has 2 nitrogen and oxygen atoms in total. The van der Waals surface area contributed by atoms with Crippen molar-refractivity contribution >= 4 is 10.9 Å². The zero-order chi connectivity index (χ0) is 12.6. The summed E-state index contributed by atoms with van der Waals surface area (Å²) in [4.78, 5) is 0. The van der Waals surface area contributed by atoms with Crippen LogP contribution in [0.1, 0.15) is 11.3 Å². The summed E-state index contributed by atoms with van der Waals surface area (Å²) in [6.07, 6.45) is -3.64. The molecule has 0 spiro atoms. The van der Waals surface area contributed by atoms with Crippen molar-refractivity contribution in [1.29, 1.82) is 0 Å². The molecular weight excluding hydrogens is 229 g/mol. The molecule has 0 aliphatic rings. The molecular formula is C12H13F3N2. The van der Waals surface area contributed by atoms with Crippen molar-refractivity contribution in [2.75, 3.05) is 6.54 Å². The highest BCUT2D eigenvalue weighted by Gasteiger charge is 2.30. The average Bonchev–Trinajstić information content (AvgIpc) is 2.55. The number of nitrogens with two attached hydrogens (primary N) is 1. The summed E-state index contributed by atoms with van der Waals surface area (Å²) in [6, 6.07) is 5.66. The summed E-state index contributed by atoms with van der Waals surface area (Å²) in [5.74, 6) is 0. The number of rotatable bonds is 2. The number of hydrogen-bond donors (Lipinski definition) is 1. The minimum absolute atomic E-state index is 0.482. The smallest absolute Gasteiger partial charge is 0.348 e. The number of fused-ring (bicyclic) bond motifs is 1. The second-order valence-corrected chi connectivity index (χ2v) is 4.00. The third-order valence-electron chi connectivity index (χ3n) is 2.87. The first-order valence-corrected chi connectivity index (χ1v) is 5.29. The van der Waals surface area contributed by atoms with Crippen LogP contribution < -0.4 is 5.73 Å². The average molecular weight is 242 g/mol. The van der Waals surface area contributed by atoms with E-state index in [4.69, 9.17) is 5.73 Å². The summed E-state index contributed by atoms with van der Waals surface area (Å²) in [5.41, 5.74) is 6.37. The fraction of sp³-hybridized carbons (Fsp3) is 0.333. The highest BCUT2D eigenvalue weighted by molar-refractivity contribution is 5.82. The van der Waals surface area contributed by atoms with Crippen LogP contribution in [0, 0.1) is 0 Å². The van der Waals surface area contributed by atoms with Crippen molar-refractivity contribution in [3.8, 4) is 0 Å². The molecule has 0 saturated heterocycles. The molecule has 0 bridgehead atoms. The largest absolute Gasteiger partial charge is 0.416 e. The van der Waals surface area contributed by atoms with Crippen LogP contribution >= 0.6 is 0 Å². The Hall–Kier alpha value is -1.49. The first-order chi connectivity index (χ1) is 7.93. The minimum atomic E-state index is -4.30. The maximum absolute atomic E-state index is 12.6. The van der Waals surface area contributed by atoms with Crippen molar-refractivity contribution in [3.63, 3.8) is 0 Å². The van der Waals surface area contributed by atoms with Crippen molar-refractivity contribution in [2.45, 2.75) is 12.6 Å². The fourth-order valence-corrected chi connectivity index (χ4v) is 1.95. The Bertz CT molecular complexity index is 540. The Morgan fingerprint density at radius 1 is 1.24 bits per heavy atom. The topological polar surface area (TPSA) is 30.9 Å². The van der Waals surface area contributed by atoms with Gasteiger partial charge in [0.2, 0.25) is 0 Å². The molecule has 0 aliphatic heterocycles. The van der Waals surface area contributed by atoms with Gasteiger partial charge in [0.05, 0.1) is 5.56 Å². The Morgan fingerprint density at radius 3 is 2.53 bits per heavy atom. The molecule has 0 aliphatic carbocycles. The van der Waals surface area contributed by atoms with Gasteiger partial charge < -0.3 is 10.3 Å². The van der Waals surface area contributed by atoms with E-state index in [0.717, 1.165) is 17.1 Å². The predicted molar refractivity (Wildman–Crippen MR) is 60.7 cm³/mol. The van der Waals surface area contributed by atoms with Crippen molar-refractivity contribution in [1.82, 2.24) is 4.57 Å². The monoisotopic (exact) mass is 242 g/mol. The summed E-state index contributed by atoms with van der Waals surface area (Å²) >= 11 is 0. The van der Waals surface area contributed by atoms with E-state index in [9.17, 15) is 13.2 Å². The molecule has 5 heteroatoms. The lowest BCUT2D eigenvalue weighted by atomic mass is 10.1. The summed E-state index contributed by atoms with van der Waals surface area (Å²) < 4.78 is 39.5. The van der Waals surface area contributed by atoms with Crippen molar-refractivity contribution < 1.29 is 13.2 Å². The molecule has 1 aromatic carbocycles. The van der Waals surface area contributed by atoms with Gasteiger partial charge >= 0.3 is 6.18 Å². The summed E-state index contributed by atoms with van der Waals surface area (Å²) in [5, 5.41) is 0.809. The lowest BCUT2D eigenvalue weighted by molar-refractivity contribution is -0.137. The Morgan fingerprint density at radius 2 is 1.94 bits per heavy atom. The van der Waals surface area contributed by atoms with Crippen LogP contribution in [0.3, 0.4) is 0 Å². The molecule has 0 radical (unpaired) electrons. The van der Waals surface area contributed by atoms with E-state index in [1.54, 1.807) is 11.6 Å². The van der Waals surface area contributed by atoms with E-state index in [2.05, 4.69) is 0 Å². The molecule has 17 heavy (non-hydrogen) atoms. The number of aryl methyl sites for hydroxylation is 1. The van der Waals surface area contributed by atoms with Crippen LogP contribution in [0.2, 0.25) is 0 Å². The molecule has 1 aromatic heterocycles. The van der Waals surface area contributed by atoms with E-state index >= 15 is 0 Å². The lowest BCUT2D eigenvalue weighted by Gasteiger charge is -2.07. The van der Waals surface area contributed by atoms with Gasteiger partial charge in [-0.3, -0.25) is 0 Å². The number of aromatic nitrogens is 1. The molecule has 0 unspecified atom stereocenters. The van der Waals surface area contributed by atoms with Gasteiger partial charge in [-0.05, 0) is 36.6 Å². The quantitative estimate of drug-likeness (QED) is 0.862. The second-order valence-electron chi connectivity index (χ2n) is 4.00. The SMILES string of the molecule is Cn1c(CCN)cc2ccc(C(F)(F)F)cc21. The highest BCUT2D eigenvalue weighted by Crippen LogP contribution is 2.32. The molecule has 92 valence electrons. The fourth-order valence-electron chi connectivity index (χ4n) is 1.95. The zero-order valence-electron chi connectivity index (χ0n) is 9.38. The van der Waals surface area contributed by atoms with E-state index in [1.807, 2.05) is 6.07 Å². The lowest BCUT2D eigenvalue weighted by Crippen LogP contribution is -2.07. The molecule has 1 heterocycles. The standard InChI is InChI=1S/C12H13F3N2/c1-17-10(4-5-16)6-8-2-3-9(7-11(8)17)12(13,14)15/h2-3,6-7H,4-5,16H2,1H3. The van der Waals surface area contributed by atoms with Crippen molar-refractivity contribution in [3.05, 3.63) is 35.5 Å². The van der Waals surface area contributed by atoms with Gasteiger partial charge in [0.25, 0.3) is 0 Å². The van der Waals surface area contributed by atoms with Crippen LogP contribution in [-0.4, -0.2) is 11.1 Å². The normalized spacial score (nSPS) is 12.3. The van der Waals surface area contributed by atoms with Gasteiger partial charge in [-0.25, -0.2) is 0 Å². The molecule has 2 rings (SSSR count). The third-order valence-corrected chi connectivity index (χ3v) is 2.87. The minimum Gasteiger partial charge on any atom is -0.348 e. The van der Waals surface area contributed by atoms with Gasteiger partial charge in [-0.2, -0.15) is 13.2 Å². The van der Waals surface area contributed by atoms with E-state index < -0.39 is 11.7 Å². The van der Waals surface area contributed by atoms with E-state index in [-0.39, 0.29) is 0 Å². The molecule has 2 N–H and O–H groups in total. The molecule has 0 saturated carbocycles. The maximum Gasteiger partial charge on any atom is 0.416 e. The summed E-state index contributed by atoms with van der Waals surface area (Å²) in [7, 11) is 1.76. The number of alkyl halides is 3. The van der Waals surface area contributed by atoms with Crippen LogP contribution in [0.5, 0.6) is 0 Å².